The van der Waals surface area contributed by atoms with Crippen LogP contribution < -0.4 is 18.9 Å². The van der Waals surface area contributed by atoms with E-state index in [0.717, 1.165) is 16.8 Å². The minimum atomic E-state index is 0.549. The van der Waals surface area contributed by atoms with Gasteiger partial charge in [-0.15, -0.1) is 10.2 Å². The van der Waals surface area contributed by atoms with Crippen LogP contribution in [0.3, 0.4) is 0 Å². The Morgan fingerprint density at radius 3 is 1.87 bits per heavy atom. The summed E-state index contributed by atoms with van der Waals surface area (Å²) in [6.07, 6.45) is 0.549. The van der Waals surface area contributed by atoms with Crippen molar-refractivity contribution in [3.05, 3.63) is 59.2 Å². The summed E-state index contributed by atoms with van der Waals surface area (Å²) in [6.45, 7) is 3.73. The molecule has 8 nitrogen and oxygen atoms in total. The molecule has 0 aliphatic heterocycles. The van der Waals surface area contributed by atoms with Gasteiger partial charge in [0.2, 0.25) is 0 Å². The van der Waals surface area contributed by atoms with Crippen LogP contribution in [0.5, 0.6) is 23.0 Å². The van der Waals surface area contributed by atoms with Crippen molar-refractivity contribution in [1.82, 2.24) is 14.9 Å². The molecule has 2 aromatic carbocycles. The number of methoxy groups -OCH3 is 4. The van der Waals surface area contributed by atoms with Gasteiger partial charge in [-0.05, 0) is 49.7 Å². The molecule has 1 aromatic heterocycles. The fourth-order valence-corrected chi connectivity index (χ4v) is 3.12. The molecule has 0 bridgehead atoms. The van der Waals surface area contributed by atoms with Crippen LogP contribution in [0, 0.1) is 13.8 Å². The highest BCUT2D eigenvalue weighted by atomic mass is 16.5. The maximum Gasteiger partial charge on any atom is 0.161 e. The number of aromatic nitrogens is 3. The number of ether oxygens (including phenoxy) is 4. The summed E-state index contributed by atoms with van der Waals surface area (Å²) in [6, 6.07) is 11.5. The van der Waals surface area contributed by atoms with E-state index >= 15 is 0 Å². The quantitative estimate of drug-likeness (QED) is 0.530. The SMILES string of the molecule is COc1ccc(C/C(=N/n2c(C)nnc2C)c2ccc(OC)c(OC)c2)cc1OC. The van der Waals surface area contributed by atoms with Gasteiger partial charge in [0.25, 0.3) is 0 Å². The highest BCUT2D eigenvalue weighted by molar-refractivity contribution is 6.02. The molecule has 1 heterocycles. The predicted molar refractivity (Wildman–Crippen MR) is 114 cm³/mol. The molecule has 0 saturated carbocycles. The molecule has 0 aliphatic rings. The summed E-state index contributed by atoms with van der Waals surface area (Å²) in [5.41, 5.74) is 2.73. The number of aryl methyl sites for hydroxylation is 2. The Bertz CT molecular complexity index is 1040. The summed E-state index contributed by atoms with van der Waals surface area (Å²) in [7, 11) is 6.46. The number of hydrogen-bond donors (Lipinski definition) is 0. The van der Waals surface area contributed by atoms with Crippen molar-refractivity contribution in [2.24, 2.45) is 5.10 Å². The third-order valence-corrected chi connectivity index (χ3v) is 4.71. The van der Waals surface area contributed by atoms with Crippen molar-refractivity contribution in [2.45, 2.75) is 20.3 Å². The van der Waals surface area contributed by atoms with Crippen molar-refractivity contribution in [1.29, 1.82) is 0 Å². The fourth-order valence-electron chi connectivity index (χ4n) is 3.12. The minimum Gasteiger partial charge on any atom is -0.493 e. The molecule has 0 fully saturated rings. The lowest BCUT2D eigenvalue weighted by molar-refractivity contribution is 0.354. The smallest absolute Gasteiger partial charge is 0.161 e. The van der Waals surface area contributed by atoms with E-state index in [1.807, 2.05) is 50.2 Å². The highest BCUT2D eigenvalue weighted by Gasteiger charge is 2.14. The van der Waals surface area contributed by atoms with Crippen LogP contribution in [-0.4, -0.2) is 49.0 Å². The maximum atomic E-state index is 5.48. The van der Waals surface area contributed by atoms with Crippen molar-refractivity contribution in [3.8, 4) is 23.0 Å². The van der Waals surface area contributed by atoms with E-state index in [2.05, 4.69) is 10.2 Å². The first-order valence-electron chi connectivity index (χ1n) is 9.40. The Labute approximate surface area is 176 Å². The normalized spacial score (nSPS) is 11.3. The Balaban J connectivity index is 2.09. The molecule has 8 heteroatoms. The Hall–Kier alpha value is -3.55. The third kappa shape index (κ3) is 4.37. The van der Waals surface area contributed by atoms with Crippen molar-refractivity contribution >= 4 is 5.71 Å². The van der Waals surface area contributed by atoms with E-state index in [-0.39, 0.29) is 0 Å². The largest absolute Gasteiger partial charge is 0.493 e. The van der Waals surface area contributed by atoms with Gasteiger partial charge in [-0.1, -0.05) is 6.07 Å². The van der Waals surface area contributed by atoms with Crippen molar-refractivity contribution in [2.75, 3.05) is 28.4 Å². The van der Waals surface area contributed by atoms with Crippen molar-refractivity contribution < 1.29 is 18.9 Å². The second kappa shape index (κ2) is 9.30. The van der Waals surface area contributed by atoms with E-state index in [1.165, 1.54) is 0 Å². The number of rotatable bonds is 8. The van der Waals surface area contributed by atoms with Gasteiger partial charge < -0.3 is 18.9 Å². The molecule has 3 rings (SSSR count). The molecule has 3 aromatic rings. The fraction of sp³-hybridized carbons (Fsp3) is 0.318. The zero-order valence-electron chi connectivity index (χ0n) is 18.1. The van der Waals surface area contributed by atoms with E-state index in [4.69, 9.17) is 24.0 Å². The van der Waals surface area contributed by atoms with Gasteiger partial charge in [0.1, 0.15) is 0 Å². The maximum absolute atomic E-state index is 5.48. The molecule has 0 aliphatic carbocycles. The van der Waals surface area contributed by atoms with Crippen LogP contribution >= 0.6 is 0 Å². The lowest BCUT2D eigenvalue weighted by Crippen LogP contribution is -2.10. The molecular weight excluding hydrogens is 384 g/mol. The van der Waals surface area contributed by atoms with Crippen LogP contribution in [0.25, 0.3) is 0 Å². The lowest BCUT2D eigenvalue weighted by Gasteiger charge is -2.14. The highest BCUT2D eigenvalue weighted by Crippen LogP contribution is 2.30. The Morgan fingerprint density at radius 1 is 0.767 bits per heavy atom. The van der Waals surface area contributed by atoms with Gasteiger partial charge in [0, 0.05) is 12.0 Å². The second-order valence-electron chi connectivity index (χ2n) is 6.59. The van der Waals surface area contributed by atoms with E-state index in [9.17, 15) is 0 Å². The van der Waals surface area contributed by atoms with Gasteiger partial charge in [0.05, 0.1) is 34.2 Å². The number of nitrogens with zero attached hydrogens (tertiary/aromatic N) is 4. The first kappa shape index (κ1) is 21.2. The van der Waals surface area contributed by atoms with Crippen LogP contribution in [0.4, 0.5) is 0 Å². The van der Waals surface area contributed by atoms with Crippen LogP contribution in [0.2, 0.25) is 0 Å². The predicted octanol–water partition coefficient (Wildman–Crippen LogP) is 3.42. The van der Waals surface area contributed by atoms with Gasteiger partial charge in [-0.3, -0.25) is 0 Å². The molecular formula is C22H26N4O4. The van der Waals surface area contributed by atoms with E-state index < -0.39 is 0 Å². The zero-order chi connectivity index (χ0) is 21.7. The number of benzene rings is 2. The van der Waals surface area contributed by atoms with Crippen LogP contribution in [0.15, 0.2) is 41.5 Å². The average molecular weight is 410 g/mol. The summed E-state index contributed by atoms with van der Waals surface area (Å²) >= 11 is 0. The third-order valence-electron chi connectivity index (χ3n) is 4.71. The molecule has 158 valence electrons. The first-order chi connectivity index (χ1) is 14.5. The summed E-state index contributed by atoms with van der Waals surface area (Å²) < 4.78 is 23.4. The van der Waals surface area contributed by atoms with Gasteiger partial charge in [-0.25, -0.2) is 4.68 Å². The van der Waals surface area contributed by atoms with Gasteiger partial charge >= 0.3 is 0 Å². The zero-order valence-corrected chi connectivity index (χ0v) is 18.1. The van der Waals surface area contributed by atoms with E-state index in [1.54, 1.807) is 33.1 Å². The monoisotopic (exact) mass is 410 g/mol. The van der Waals surface area contributed by atoms with E-state index in [0.29, 0.717) is 41.1 Å². The summed E-state index contributed by atoms with van der Waals surface area (Å²) in [5.74, 6) is 4.04. The molecule has 0 N–H and O–H groups in total. The first-order valence-corrected chi connectivity index (χ1v) is 9.40. The minimum absolute atomic E-state index is 0.549. The molecule has 0 unspecified atom stereocenters. The second-order valence-corrected chi connectivity index (χ2v) is 6.59. The Kier molecular flexibility index (Phi) is 6.56. The van der Waals surface area contributed by atoms with Crippen LogP contribution in [-0.2, 0) is 6.42 Å². The molecule has 0 spiro atoms. The molecule has 30 heavy (non-hydrogen) atoms. The molecule has 0 atom stereocenters. The summed E-state index contributed by atoms with van der Waals surface area (Å²) in [4.78, 5) is 0. The molecule has 0 saturated heterocycles. The lowest BCUT2D eigenvalue weighted by atomic mass is 10.0. The average Bonchev–Trinajstić information content (AvgIpc) is 3.09. The topological polar surface area (TPSA) is 80.0 Å². The van der Waals surface area contributed by atoms with Gasteiger partial charge in [0.15, 0.2) is 34.6 Å². The standard InChI is InChI=1S/C22H26N4O4/c1-14-23-24-15(2)26(14)25-18(17-8-10-20(28-4)22(13-17)30-6)11-16-7-9-19(27-3)21(12-16)29-5/h7-10,12-13H,11H2,1-6H3/b25-18-. The van der Waals surface area contributed by atoms with Gasteiger partial charge in [-0.2, -0.15) is 5.10 Å². The van der Waals surface area contributed by atoms with Crippen LogP contribution in [0.1, 0.15) is 22.8 Å². The molecule has 0 radical (unpaired) electrons. The van der Waals surface area contributed by atoms with Crippen molar-refractivity contribution in [3.63, 3.8) is 0 Å². The summed E-state index contributed by atoms with van der Waals surface area (Å²) in [5, 5.41) is 13.1. The molecule has 0 amide bonds. The Morgan fingerprint density at radius 2 is 1.30 bits per heavy atom. The number of hydrogen-bond acceptors (Lipinski definition) is 7.